The van der Waals surface area contributed by atoms with E-state index in [4.69, 9.17) is 9.47 Å². The first kappa shape index (κ1) is 24.3. The molecule has 0 bridgehead atoms. The molecule has 0 amide bonds. The van der Waals surface area contributed by atoms with Crippen molar-refractivity contribution in [3.05, 3.63) is 121 Å². The van der Waals surface area contributed by atoms with Gasteiger partial charge in [-0.2, -0.15) is 0 Å². The van der Waals surface area contributed by atoms with Crippen LogP contribution in [-0.2, 0) is 5.41 Å². The zero-order valence-electron chi connectivity index (χ0n) is 24.8. The van der Waals surface area contributed by atoms with E-state index in [9.17, 15) is 0 Å². The summed E-state index contributed by atoms with van der Waals surface area (Å²) in [7, 11) is 0. The molecular weight excluding hydrogens is 537 g/mol. The second-order valence-electron chi connectivity index (χ2n) is 13.3. The Labute approximate surface area is 256 Å². The summed E-state index contributed by atoms with van der Waals surface area (Å²) in [4.78, 5) is 2.43. The van der Waals surface area contributed by atoms with E-state index in [2.05, 4.69) is 141 Å². The number of hydrogen-bond donors (Lipinski definition) is 0. The number of nitrogens with zero attached hydrogens (tertiary/aromatic N) is 1. The SMILES string of the molecule is CC(C)(C)c1ccc(N2c3cc4ccccc4c4c3B3c5c(cc6ccccc6c5Oc5c3c2cc2ccccc52)O4)cc1. The molecule has 3 heterocycles. The molecule has 0 fully saturated rings. The van der Waals surface area contributed by atoms with E-state index >= 15 is 0 Å². The van der Waals surface area contributed by atoms with E-state index in [0.29, 0.717) is 0 Å². The third kappa shape index (κ3) is 3.07. The van der Waals surface area contributed by atoms with Crippen LogP contribution in [0.25, 0.3) is 32.3 Å². The number of rotatable bonds is 1. The van der Waals surface area contributed by atoms with E-state index in [0.717, 1.165) is 72.5 Å². The number of fused-ring (bicyclic) bond motifs is 6. The second kappa shape index (κ2) is 8.24. The molecule has 0 atom stereocenters. The first-order valence-electron chi connectivity index (χ1n) is 15.4. The van der Waals surface area contributed by atoms with Crippen molar-refractivity contribution >= 4 is 72.5 Å². The number of ether oxygens (including phenoxy) is 2. The lowest BCUT2D eigenvalue weighted by molar-refractivity contribution is 0.473. The average molecular weight is 565 g/mol. The largest absolute Gasteiger partial charge is 0.458 e. The first-order valence-corrected chi connectivity index (χ1v) is 15.4. The first-order chi connectivity index (χ1) is 21.5. The van der Waals surface area contributed by atoms with Crippen molar-refractivity contribution in [3.63, 3.8) is 0 Å². The number of hydrogen-bond acceptors (Lipinski definition) is 3. The van der Waals surface area contributed by atoms with Crippen LogP contribution in [0.5, 0.6) is 23.0 Å². The fourth-order valence-corrected chi connectivity index (χ4v) is 7.72. The highest BCUT2D eigenvalue weighted by atomic mass is 16.5. The van der Waals surface area contributed by atoms with Crippen LogP contribution in [0.2, 0.25) is 0 Å². The molecule has 3 nitrogen and oxygen atoms in total. The maximum Gasteiger partial charge on any atom is 0.266 e. The van der Waals surface area contributed by atoms with Gasteiger partial charge in [0.15, 0.2) is 0 Å². The predicted molar refractivity (Wildman–Crippen MR) is 184 cm³/mol. The van der Waals surface area contributed by atoms with Gasteiger partial charge in [-0.15, -0.1) is 0 Å². The Morgan fingerprint density at radius 1 is 0.523 bits per heavy atom. The van der Waals surface area contributed by atoms with Gasteiger partial charge < -0.3 is 14.4 Å². The molecule has 0 radical (unpaired) electrons. The summed E-state index contributed by atoms with van der Waals surface area (Å²) in [5.41, 5.74) is 8.37. The molecule has 7 aromatic carbocycles. The van der Waals surface area contributed by atoms with Crippen molar-refractivity contribution in [2.24, 2.45) is 0 Å². The zero-order chi connectivity index (χ0) is 29.3. The van der Waals surface area contributed by atoms with Crippen LogP contribution in [0.4, 0.5) is 17.1 Å². The molecule has 44 heavy (non-hydrogen) atoms. The van der Waals surface area contributed by atoms with Gasteiger partial charge in [0.1, 0.15) is 23.0 Å². The lowest BCUT2D eigenvalue weighted by Gasteiger charge is -2.44. The van der Waals surface area contributed by atoms with Crippen LogP contribution in [0.15, 0.2) is 115 Å². The van der Waals surface area contributed by atoms with Gasteiger partial charge in [-0.25, -0.2) is 0 Å². The molecule has 0 spiro atoms. The highest BCUT2D eigenvalue weighted by Crippen LogP contribution is 2.50. The highest BCUT2D eigenvalue weighted by molar-refractivity contribution is 7.01. The summed E-state index contributed by atoms with van der Waals surface area (Å²) >= 11 is 0. The van der Waals surface area contributed by atoms with Gasteiger partial charge in [-0.3, -0.25) is 0 Å². The van der Waals surface area contributed by atoms with Crippen LogP contribution >= 0.6 is 0 Å². The molecule has 208 valence electrons. The van der Waals surface area contributed by atoms with Crippen LogP contribution < -0.4 is 30.8 Å². The Morgan fingerprint density at radius 3 is 1.55 bits per heavy atom. The Morgan fingerprint density at radius 2 is 1.00 bits per heavy atom. The van der Waals surface area contributed by atoms with E-state index in [1.54, 1.807) is 0 Å². The second-order valence-corrected chi connectivity index (χ2v) is 13.3. The zero-order valence-corrected chi connectivity index (χ0v) is 24.8. The molecule has 10 rings (SSSR count). The van der Waals surface area contributed by atoms with Crippen molar-refractivity contribution in [2.45, 2.75) is 26.2 Å². The molecule has 0 unspecified atom stereocenters. The van der Waals surface area contributed by atoms with Crippen molar-refractivity contribution in [3.8, 4) is 23.0 Å². The van der Waals surface area contributed by atoms with Crippen LogP contribution in [0, 0.1) is 0 Å². The third-order valence-electron chi connectivity index (χ3n) is 9.79. The summed E-state index contributed by atoms with van der Waals surface area (Å²) in [6, 6.07) is 41.7. The lowest BCUT2D eigenvalue weighted by Crippen LogP contribution is -2.61. The number of anilines is 3. The van der Waals surface area contributed by atoms with Crippen LogP contribution in [0.3, 0.4) is 0 Å². The maximum atomic E-state index is 7.10. The quantitative estimate of drug-likeness (QED) is 0.186. The molecule has 0 aromatic heterocycles. The normalized spacial score (nSPS) is 14.1. The molecule has 4 heteroatoms. The minimum absolute atomic E-state index is 0.0126. The van der Waals surface area contributed by atoms with E-state index in [-0.39, 0.29) is 12.1 Å². The minimum atomic E-state index is -0.0126. The molecule has 0 aliphatic carbocycles. The lowest BCUT2D eigenvalue weighted by atomic mass is 9.33. The fraction of sp³-hybridized carbons (Fsp3) is 0.100. The Bertz CT molecular complexity index is 2370. The molecule has 3 aliphatic rings. The highest BCUT2D eigenvalue weighted by Gasteiger charge is 2.49. The molecule has 7 aromatic rings. The third-order valence-corrected chi connectivity index (χ3v) is 9.79. The summed E-state index contributed by atoms with van der Waals surface area (Å²) < 4.78 is 14.1. The average Bonchev–Trinajstić information content (AvgIpc) is 3.04. The van der Waals surface area contributed by atoms with Gasteiger partial charge in [-0.1, -0.05) is 106 Å². The summed E-state index contributed by atoms with van der Waals surface area (Å²) in [5.74, 6) is 3.68. The van der Waals surface area contributed by atoms with Crippen LogP contribution in [-0.4, -0.2) is 6.71 Å². The summed E-state index contributed by atoms with van der Waals surface area (Å²) in [6.45, 7) is 6.78. The Balaban J connectivity index is 1.37. The molecule has 0 saturated heterocycles. The molecular formula is C40H28BNO2. The Kier molecular flexibility index (Phi) is 4.54. The Hall–Kier alpha value is -5.22. The smallest absolute Gasteiger partial charge is 0.266 e. The van der Waals surface area contributed by atoms with Crippen LogP contribution in [0.1, 0.15) is 26.3 Å². The van der Waals surface area contributed by atoms with Gasteiger partial charge in [0.05, 0.1) is 0 Å². The molecule has 3 aliphatic heterocycles. The number of benzene rings is 7. The van der Waals surface area contributed by atoms with Crippen molar-refractivity contribution in [1.82, 2.24) is 0 Å². The molecule has 0 saturated carbocycles. The van der Waals surface area contributed by atoms with E-state index < -0.39 is 0 Å². The monoisotopic (exact) mass is 565 g/mol. The van der Waals surface area contributed by atoms with Crippen molar-refractivity contribution < 1.29 is 9.47 Å². The van der Waals surface area contributed by atoms with Gasteiger partial charge in [0.2, 0.25) is 0 Å². The van der Waals surface area contributed by atoms with Gasteiger partial charge >= 0.3 is 0 Å². The van der Waals surface area contributed by atoms with E-state index in [1.807, 2.05) is 0 Å². The van der Waals surface area contributed by atoms with E-state index in [1.165, 1.54) is 21.9 Å². The summed E-state index contributed by atoms with van der Waals surface area (Å²) in [5, 5.41) is 6.82. The summed E-state index contributed by atoms with van der Waals surface area (Å²) in [6.07, 6.45) is 0. The van der Waals surface area contributed by atoms with Crippen molar-refractivity contribution in [1.29, 1.82) is 0 Å². The minimum Gasteiger partial charge on any atom is -0.458 e. The van der Waals surface area contributed by atoms with Crippen molar-refractivity contribution in [2.75, 3.05) is 4.90 Å². The predicted octanol–water partition coefficient (Wildman–Crippen LogP) is 8.95. The van der Waals surface area contributed by atoms with Gasteiger partial charge in [-0.05, 0) is 68.4 Å². The van der Waals surface area contributed by atoms with Gasteiger partial charge in [0.25, 0.3) is 6.71 Å². The molecule has 0 N–H and O–H groups in total. The fourth-order valence-electron chi connectivity index (χ4n) is 7.72. The van der Waals surface area contributed by atoms with Gasteiger partial charge in [0, 0.05) is 38.7 Å². The topological polar surface area (TPSA) is 21.7 Å². The maximum absolute atomic E-state index is 7.10. The standard InChI is InChI=1S/C40H28BNO2/c1-40(2,3)26-16-18-27(19-17-26)42-31-20-23-10-4-7-13-28(23)37-34(31)41-35-32(42)21-24-11-5-8-14-29(24)38(35)44-39-30-15-9-6-12-25(30)22-33(43-37)36(39)41/h4-22H,1-3H3.